The van der Waals surface area contributed by atoms with Gasteiger partial charge >= 0.3 is 6.03 Å². The molecule has 0 unspecified atom stereocenters. The Morgan fingerprint density at radius 2 is 1.73 bits per heavy atom. The second kappa shape index (κ2) is 13.3. The number of phenols is 1. The lowest BCUT2D eigenvalue weighted by molar-refractivity contribution is -0.157. The van der Waals surface area contributed by atoms with Crippen molar-refractivity contribution in [3.63, 3.8) is 0 Å². The number of urea groups is 1. The number of halogens is 1. The molecule has 2 aliphatic heterocycles. The fourth-order valence-electron chi connectivity index (χ4n) is 5.98. The molecule has 0 spiro atoms. The number of nitrogens with one attached hydrogen (secondary N) is 1. The summed E-state index contributed by atoms with van der Waals surface area (Å²) in [6, 6.07) is 19.7. The second-order valence-electron chi connectivity index (χ2n) is 11.4. The average Bonchev–Trinajstić information content (AvgIpc) is 3.34. The molecule has 0 saturated carbocycles. The molecule has 5 rings (SSSR count). The Kier molecular flexibility index (Phi) is 9.34. The van der Waals surface area contributed by atoms with Crippen LogP contribution in [0.15, 0.2) is 72.8 Å². The number of phenolic OH excluding ortho intramolecular Hbond substituents is 1. The summed E-state index contributed by atoms with van der Waals surface area (Å²) in [4.78, 5) is 46.3. The first-order valence-electron chi connectivity index (χ1n) is 14.9. The smallest absolute Gasteiger partial charge is 0.332 e. The van der Waals surface area contributed by atoms with E-state index in [1.807, 2.05) is 51.4 Å². The van der Waals surface area contributed by atoms with Crippen molar-refractivity contribution in [3.8, 4) is 5.75 Å². The quantitative estimate of drug-likeness (QED) is 0.368. The van der Waals surface area contributed by atoms with Crippen molar-refractivity contribution in [3.05, 3.63) is 95.3 Å². The summed E-state index contributed by atoms with van der Waals surface area (Å²) in [5.41, 5.74) is 2.74. The van der Waals surface area contributed by atoms with Crippen molar-refractivity contribution < 1.29 is 23.9 Å². The third kappa shape index (κ3) is 6.47. The van der Waals surface area contributed by atoms with Crippen LogP contribution in [0.25, 0.3) is 0 Å². The zero-order valence-electron chi connectivity index (χ0n) is 25.3. The zero-order valence-corrected chi connectivity index (χ0v) is 25.3. The van der Waals surface area contributed by atoms with E-state index in [0.717, 1.165) is 11.1 Å². The van der Waals surface area contributed by atoms with Crippen LogP contribution in [0.4, 0.5) is 14.9 Å². The molecule has 2 heterocycles. The standard InChI is InChI=1S/C33H39FN6O4/c1-4-17-38(33(44)35-19-24-9-6-5-7-10-24)39-22-31(42)40-29(18-23-13-15-25(41)16-14-23)32(43)37(21-30(39)40)20-26-27(34)11-8-12-28(26)36(2)3/h5-16,29-30,41H,4,17-22H2,1-3H3,(H,35,44)/t29-,30+/m0/s1. The van der Waals surface area contributed by atoms with Gasteiger partial charge in [0.25, 0.3) is 0 Å². The van der Waals surface area contributed by atoms with Gasteiger partial charge in [-0.05, 0) is 41.8 Å². The van der Waals surface area contributed by atoms with Crippen molar-refractivity contribution in [1.29, 1.82) is 0 Å². The first-order valence-corrected chi connectivity index (χ1v) is 14.9. The molecule has 0 aliphatic carbocycles. The van der Waals surface area contributed by atoms with Crippen molar-refractivity contribution in [2.45, 2.75) is 45.1 Å². The van der Waals surface area contributed by atoms with Crippen LogP contribution in [0.3, 0.4) is 0 Å². The summed E-state index contributed by atoms with van der Waals surface area (Å²) in [7, 11) is 3.64. The third-order valence-electron chi connectivity index (χ3n) is 8.12. The number of carbonyl (C=O) groups excluding carboxylic acids is 3. The molecule has 44 heavy (non-hydrogen) atoms. The largest absolute Gasteiger partial charge is 0.508 e. The summed E-state index contributed by atoms with van der Waals surface area (Å²) in [6.07, 6.45) is 0.222. The summed E-state index contributed by atoms with van der Waals surface area (Å²) >= 11 is 0. The Morgan fingerprint density at radius 1 is 1.00 bits per heavy atom. The van der Waals surface area contributed by atoms with Gasteiger partial charge < -0.3 is 25.1 Å². The molecule has 4 amide bonds. The first kappa shape index (κ1) is 30.8. The highest BCUT2D eigenvalue weighted by Gasteiger charge is 2.52. The van der Waals surface area contributed by atoms with E-state index in [1.54, 1.807) is 61.1 Å². The first-order chi connectivity index (χ1) is 21.2. The van der Waals surface area contributed by atoms with Crippen molar-refractivity contribution in [2.75, 3.05) is 38.6 Å². The fourth-order valence-corrected chi connectivity index (χ4v) is 5.98. The lowest BCUT2D eigenvalue weighted by Crippen LogP contribution is -2.66. The van der Waals surface area contributed by atoms with E-state index >= 15 is 4.39 Å². The van der Waals surface area contributed by atoms with Crippen LogP contribution in [0.2, 0.25) is 0 Å². The SMILES string of the molecule is CCCN(C(=O)NCc1ccccc1)N1CC(=O)N2[C@@H](Cc3ccc(O)cc3)C(=O)N(Cc3c(F)cccc3N(C)C)C[C@@H]21. The second-order valence-corrected chi connectivity index (χ2v) is 11.4. The molecular formula is C33H39FN6O4. The third-order valence-corrected chi connectivity index (χ3v) is 8.12. The maximum atomic E-state index is 15.2. The van der Waals surface area contributed by atoms with E-state index in [1.165, 1.54) is 6.07 Å². The Labute approximate surface area is 257 Å². The zero-order chi connectivity index (χ0) is 31.4. The number of benzene rings is 3. The lowest BCUT2D eigenvalue weighted by Gasteiger charge is -2.46. The maximum Gasteiger partial charge on any atom is 0.332 e. The number of piperazine rings is 1. The van der Waals surface area contributed by atoms with Gasteiger partial charge in [0.1, 0.15) is 23.8 Å². The van der Waals surface area contributed by atoms with E-state index in [2.05, 4.69) is 5.32 Å². The summed E-state index contributed by atoms with van der Waals surface area (Å²) in [5, 5.41) is 16.1. The normalized spacial score (nSPS) is 18.4. The molecule has 11 heteroatoms. The molecule has 2 fully saturated rings. The predicted octanol–water partition coefficient (Wildman–Crippen LogP) is 3.56. The van der Waals surface area contributed by atoms with Crippen LogP contribution in [-0.2, 0) is 29.1 Å². The molecule has 3 aromatic carbocycles. The number of hydrogen-bond acceptors (Lipinski definition) is 6. The van der Waals surface area contributed by atoms with Gasteiger partial charge in [-0.25, -0.2) is 9.18 Å². The molecule has 0 bridgehead atoms. The van der Waals surface area contributed by atoms with Gasteiger partial charge in [-0.3, -0.25) is 14.6 Å². The average molecular weight is 603 g/mol. The van der Waals surface area contributed by atoms with E-state index in [4.69, 9.17) is 0 Å². The van der Waals surface area contributed by atoms with Gasteiger partial charge in [0, 0.05) is 44.9 Å². The van der Waals surface area contributed by atoms with Gasteiger partial charge in [0.2, 0.25) is 11.8 Å². The molecule has 2 atom stereocenters. The molecule has 232 valence electrons. The highest BCUT2D eigenvalue weighted by atomic mass is 19.1. The number of nitrogens with zero attached hydrogens (tertiary/aromatic N) is 5. The Morgan fingerprint density at radius 3 is 2.41 bits per heavy atom. The van der Waals surface area contributed by atoms with Gasteiger partial charge in [0.15, 0.2) is 0 Å². The minimum Gasteiger partial charge on any atom is -0.508 e. The van der Waals surface area contributed by atoms with Crippen LogP contribution in [0.1, 0.15) is 30.0 Å². The van der Waals surface area contributed by atoms with E-state index in [0.29, 0.717) is 30.8 Å². The van der Waals surface area contributed by atoms with Crippen molar-refractivity contribution in [1.82, 2.24) is 25.1 Å². The molecule has 2 N–H and O–H groups in total. The van der Waals surface area contributed by atoms with Crippen LogP contribution in [-0.4, -0.2) is 88.7 Å². The monoisotopic (exact) mass is 602 g/mol. The Bertz CT molecular complexity index is 1490. The number of carbonyl (C=O) groups is 3. The molecule has 2 saturated heterocycles. The highest BCUT2D eigenvalue weighted by Crippen LogP contribution is 2.32. The van der Waals surface area contributed by atoms with Crippen LogP contribution in [0.5, 0.6) is 5.75 Å². The topological polar surface area (TPSA) is 99.7 Å². The van der Waals surface area contributed by atoms with Gasteiger partial charge in [-0.2, -0.15) is 5.01 Å². The minimum absolute atomic E-state index is 0.00541. The number of hydrogen-bond donors (Lipinski definition) is 2. The number of hydrazine groups is 1. The Balaban J connectivity index is 1.47. The van der Waals surface area contributed by atoms with Crippen LogP contribution < -0.4 is 10.2 Å². The molecule has 2 aliphatic rings. The number of aromatic hydroxyl groups is 1. The molecule has 10 nitrogen and oxygen atoms in total. The van der Waals surface area contributed by atoms with Gasteiger partial charge in [0.05, 0.1) is 19.6 Å². The number of rotatable bonds is 10. The van der Waals surface area contributed by atoms with Crippen LogP contribution in [0, 0.1) is 5.82 Å². The van der Waals surface area contributed by atoms with E-state index in [-0.39, 0.29) is 49.7 Å². The molecular weight excluding hydrogens is 563 g/mol. The number of fused-ring (bicyclic) bond motifs is 1. The van der Waals surface area contributed by atoms with Crippen molar-refractivity contribution in [2.24, 2.45) is 0 Å². The number of amides is 4. The van der Waals surface area contributed by atoms with E-state index in [9.17, 15) is 19.5 Å². The molecule has 3 aromatic rings. The van der Waals surface area contributed by atoms with E-state index < -0.39 is 18.0 Å². The number of anilines is 1. The minimum atomic E-state index is -0.874. The fraction of sp³-hybridized carbons (Fsp3) is 0.364. The molecule has 0 aromatic heterocycles. The lowest BCUT2D eigenvalue weighted by atomic mass is 9.99. The maximum absolute atomic E-state index is 15.2. The summed E-state index contributed by atoms with van der Waals surface area (Å²) < 4.78 is 15.2. The molecule has 0 radical (unpaired) electrons. The summed E-state index contributed by atoms with van der Waals surface area (Å²) in [5.74, 6) is -0.885. The Hall–Kier alpha value is -4.64. The van der Waals surface area contributed by atoms with Gasteiger partial charge in [-0.1, -0.05) is 55.5 Å². The van der Waals surface area contributed by atoms with Crippen LogP contribution >= 0.6 is 0 Å². The summed E-state index contributed by atoms with van der Waals surface area (Å²) in [6.45, 7) is 2.69. The van der Waals surface area contributed by atoms with Gasteiger partial charge in [-0.15, -0.1) is 0 Å². The predicted molar refractivity (Wildman–Crippen MR) is 165 cm³/mol. The highest BCUT2D eigenvalue weighted by molar-refractivity contribution is 5.92. The van der Waals surface area contributed by atoms with Crippen molar-refractivity contribution >= 4 is 23.5 Å².